The summed E-state index contributed by atoms with van der Waals surface area (Å²) in [4.78, 5) is 0. The summed E-state index contributed by atoms with van der Waals surface area (Å²) in [6.07, 6.45) is 0. The molecule has 0 saturated heterocycles. The van der Waals surface area contributed by atoms with Gasteiger partial charge in [-0.2, -0.15) is 5.26 Å². The zero-order valence-corrected chi connectivity index (χ0v) is 9.37. The van der Waals surface area contributed by atoms with Crippen molar-refractivity contribution in [1.29, 1.82) is 5.26 Å². The molecule has 1 aromatic rings. The van der Waals surface area contributed by atoms with Gasteiger partial charge in [-0.1, -0.05) is 12.1 Å². The molecule has 0 fully saturated rings. The van der Waals surface area contributed by atoms with Gasteiger partial charge in [0.1, 0.15) is 6.07 Å². The Balaban J connectivity index is 3.15. The van der Waals surface area contributed by atoms with Gasteiger partial charge in [0.15, 0.2) is 0 Å². The molecule has 0 aromatic heterocycles. The summed E-state index contributed by atoms with van der Waals surface area (Å²) < 4.78 is 0.746. The van der Waals surface area contributed by atoms with Gasteiger partial charge in [0.2, 0.25) is 0 Å². The number of aliphatic hydroxyl groups is 1. The number of nitrogens with zero attached hydrogens (tertiary/aromatic N) is 1. The van der Waals surface area contributed by atoms with E-state index in [0.717, 1.165) is 10.0 Å². The minimum absolute atomic E-state index is 0.00395. The van der Waals surface area contributed by atoms with E-state index in [0.29, 0.717) is 5.56 Å². The molecule has 1 atom stereocenters. The van der Waals surface area contributed by atoms with Crippen LogP contribution in [-0.2, 0) is 0 Å². The highest BCUT2D eigenvalue weighted by atomic mass is 79.9. The molecule has 0 heterocycles. The number of hydrogen-bond donors (Lipinski definition) is 2. The predicted octanol–water partition coefficient (Wildman–Crippen LogP) is 1.57. The van der Waals surface area contributed by atoms with E-state index in [9.17, 15) is 0 Å². The maximum Gasteiger partial charge on any atom is 0.100 e. The number of aliphatic hydroxyl groups excluding tert-OH is 1. The van der Waals surface area contributed by atoms with Crippen LogP contribution in [0.2, 0.25) is 0 Å². The highest BCUT2D eigenvalue weighted by Gasteiger charge is 2.13. The maximum atomic E-state index is 9.10. The van der Waals surface area contributed by atoms with Crippen LogP contribution in [0, 0.1) is 11.3 Å². The van der Waals surface area contributed by atoms with Gasteiger partial charge in [-0.15, -0.1) is 0 Å². The Morgan fingerprint density at radius 2 is 2.36 bits per heavy atom. The average Bonchev–Trinajstić information content (AvgIpc) is 2.22. The molecule has 0 bridgehead atoms. The number of hydrogen-bond acceptors (Lipinski definition) is 3. The normalized spacial score (nSPS) is 12.1. The number of nitrogens with one attached hydrogen (secondary N) is 1. The highest BCUT2D eigenvalue weighted by molar-refractivity contribution is 9.10. The largest absolute Gasteiger partial charge is 0.394 e. The number of rotatable bonds is 3. The summed E-state index contributed by atoms with van der Waals surface area (Å²) in [6, 6.07) is 7.36. The first-order chi connectivity index (χ1) is 6.74. The molecule has 0 aliphatic rings. The van der Waals surface area contributed by atoms with Gasteiger partial charge in [-0.05, 0) is 34.6 Å². The zero-order chi connectivity index (χ0) is 10.6. The molecule has 0 amide bonds. The lowest BCUT2D eigenvalue weighted by Gasteiger charge is -2.15. The predicted molar refractivity (Wildman–Crippen MR) is 57.7 cm³/mol. The lowest BCUT2D eigenvalue weighted by molar-refractivity contribution is 0.250. The fourth-order valence-electron chi connectivity index (χ4n) is 1.25. The number of halogens is 1. The summed E-state index contributed by atoms with van der Waals surface area (Å²) in [6.45, 7) is 0.00395. The van der Waals surface area contributed by atoms with E-state index in [2.05, 4.69) is 27.3 Å². The zero-order valence-electron chi connectivity index (χ0n) is 7.79. The first-order valence-corrected chi connectivity index (χ1v) is 5.00. The van der Waals surface area contributed by atoms with Crippen LogP contribution in [0.4, 0.5) is 0 Å². The van der Waals surface area contributed by atoms with Crippen LogP contribution in [0.5, 0.6) is 0 Å². The summed E-state index contributed by atoms with van der Waals surface area (Å²) in [5.41, 5.74) is 1.48. The molecule has 14 heavy (non-hydrogen) atoms. The van der Waals surface area contributed by atoms with Crippen molar-refractivity contribution in [2.75, 3.05) is 13.7 Å². The molecule has 0 unspecified atom stereocenters. The van der Waals surface area contributed by atoms with E-state index in [1.807, 2.05) is 6.07 Å². The molecule has 2 N–H and O–H groups in total. The Morgan fingerprint density at radius 3 is 2.86 bits per heavy atom. The average molecular weight is 255 g/mol. The van der Waals surface area contributed by atoms with Crippen molar-refractivity contribution in [3.8, 4) is 6.07 Å². The highest BCUT2D eigenvalue weighted by Crippen LogP contribution is 2.26. The standard InChI is InChI=1S/C10H11BrN2O/c1-13-9(6-14)8-4-2-3-7(5-12)10(8)11/h2-4,9,13-14H,6H2,1H3/t9-/m1/s1. The molecule has 0 spiro atoms. The van der Waals surface area contributed by atoms with E-state index < -0.39 is 0 Å². The lowest BCUT2D eigenvalue weighted by Crippen LogP contribution is -2.20. The third kappa shape index (κ3) is 2.13. The minimum atomic E-state index is -0.141. The van der Waals surface area contributed by atoms with Crippen LogP contribution >= 0.6 is 15.9 Å². The smallest absolute Gasteiger partial charge is 0.100 e. The van der Waals surface area contributed by atoms with Gasteiger partial charge < -0.3 is 10.4 Å². The van der Waals surface area contributed by atoms with Gasteiger partial charge in [0.25, 0.3) is 0 Å². The van der Waals surface area contributed by atoms with Crippen molar-refractivity contribution in [3.05, 3.63) is 33.8 Å². The Labute approximate surface area is 91.5 Å². The SMILES string of the molecule is CN[C@H](CO)c1cccc(C#N)c1Br. The Kier molecular flexibility index (Phi) is 4.08. The van der Waals surface area contributed by atoms with Crippen molar-refractivity contribution in [3.63, 3.8) is 0 Å². The van der Waals surface area contributed by atoms with Crippen molar-refractivity contribution in [1.82, 2.24) is 5.32 Å². The molecule has 3 nitrogen and oxygen atoms in total. The van der Waals surface area contributed by atoms with Crippen LogP contribution in [0.15, 0.2) is 22.7 Å². The second kappa shape index (κ2) is 5.11. The second-order valence-corrected chi connectivity index (χ2v) is 3.64. The van der Waals surface area contributed by atoms with Crippen molar-refractivity contribution >= 4 is 15.9 Å². The molecule has 1 rings (SSSR count). The van der Waals surface area contributed by atoms with Gasteiger partial charge >= 0.3 is 0 Å². The van der Waals surface area contributed by atoms with Gasteiger partial charge in [0, 0.05) is 4.47 Å². The molecule has 0 saturated carbocycles. The van der Waals surface area contributed by atoms with E-state index in [1.165, 1.54) is 0 Å². The molecular weight excluding hydrogens is 244 g/mol. The fourth-order valence-corrected chi connectivity index (χ4v) is 1.88. The number of benzene rings is 1. The fraction of sp³-hybridized carbons (Fsp3) is 0.300. The van der Waals surface area contributed by atoms with E-state index >= 15 is 0 Å². The van der Waals surface area contributed by atoms with E-state index in [-0.39, 0.29) is 12.6 Å². The van der Waals surface area contributed by atoms with Crippen molar-refractivity contribution in [2.24, 2.45) is 0 Å². The molecule has 0 aliphatic carbocycles. The third-order valence-electron chi connectivity index (χ3n) is 2.06. The monoisotopic (exact) mass is 254 g/mol. The van der Waals surface area contributed by atoms with Gasteiger partial charge in [0.05, 0.1) is 18.2 Å². The summed E-state index contributed by atoms with van der Waals surface area (Å²) >= 11 is 3.35. The topological polar surface area (TPSA) is 56.0 Å². The van der Waals surface area contributed by atoms with Crippen LogP contribution in [-0.4, -0.2) is 18.8 Å². The second-order valence-electron chi connectivity index (χ2n) is 2.84. The van der Waals surface area contributed by atoms with Crippen LogP contribution in [0.1, 0.15) is 17.2 Å². The van der Waals surface area contributed by atoms with E-state index in [1.54, 1.807) is 19.2 Å². The van der Waals surface area contributed by atoms with Crippen LogP contribution in [0.3, 0.4) is 0 Å². The van der Waals surface area contributed by atoms with Gasteiger partial charge in [-0.25, -0.2) is 0 Å². The van der Waals surface area contributed by atoms with Crippen LogP contribution < -0.4 is 5.32 Å². The first-order valence-electron chi connectivity index (χ1n) is 4.21. The lowest BCUT2D eigenvalue weighted by atomic mass is 10.1. The molecular formula is C10H11BrN2O. The Hall–Kier alpha value is -0.890. The molecule has 0 aliphatic heterocycles. The molecule has 74 valence electrons. The Bertz CT molecular complexity index is 356. The quantitative estimate of drug-likeness (QED) is 0.862. The minimum Gasteiger partial charge on any atom is -0.394 e. The number of nitriles is 1. The molecule has 1 aromatic carbocycles. The summed E-state index contributed by atoms with van der Waals surface area (Å²) in [7, 11) is 1.77. The van der Waals surface area contributed by atoms with E-state index in [4.69, 9.17) is 10.4 Å². The molecule has 4 heteroatoms. The van der Waals surface area contributed by atoms with Crippen molar-refractivity contribution < 1.29 is 5.11 Å². The summed E-state index contributed by atoms with van der Waals surface area (Å²) in [5, 5.41) is 20.9. The maximum absolute atomic E-state index is 9.10. The number of likely N-dealkylation sites (N-methyl/N-ethyl adjacent to an activating group) is 1. The Morgan fingerprint density at radius 1 is 1.64 bits per heavy atom. The van der Waals surface area contributed by atoms with Crippen molar-refractivity contribution in [2.45, 2.75) is 6.04 Å². The first kappa shape index (κ1) is 11.2. The van der Waals surface area contributed by atoms with Gasteiger partial charge in [-0.3, -0.25) is 0 Å². The summed E-state index contributed by atoms with van der Waals surface area (Å²) in [5.74, 6) is 0. The molecule has 0 radical (unpaired) electrons. The third-order valence-corrected chi connectivity index (χ3v) is 2.94. The van der Waals surface area contributed by atoms with Crippen LogP contribution in [0.25, 0.3) is 0 Å².